The lowest BCUT2D eigenvalue weighted by molar-refractivity contribution is 0.523. The molecule has 0 aliphatic carbocycles. The summed E-state index contributed by atoms with van der Waals surface area (Å²) in [5, 5.41) is 6.06. The van der Waals surface area contributed by atoms with Crippen LogP contribution in [0.2, 0.25) is 0 Å². The van der Waals surface area contributed by atoms with Gasteiger partial charge in [0, 0.05) is 29.2 Å². The average molecular weight is 397 g/mol. The van der Waals surface area contributed by atoms with E-state index in [1.807, 2.05) is 0 Å². The Balaban J connectivity index is 1.64. The second-order valence-corrected chi connectivity index (χ2v) is 6.75. The molecule has 2 aromatic heterocycles. The summed E-state index contributed by atoms with van der Waals surface area (Å²) < 4.78 is 32.8. The molecule has 3 N–H and O–H groups in total. The molecule has 9 heteroatoms. The van der Waals surface area contributed by atoms with Crippen molar-refractivity contribution in [1.29, 1.82) is 0 Å². The SMILES string of the molecule is Cc1cnc(Nc2cc(C)c(F)c(C)c2)nc1Nc1cc(F)c2oc(=O)[nH]c2c1. The molecule has 29 heavy (non-hydrogen) atoms. The van der Waals surface area contributed by atoms with Gasteiger partial charge in [-0.2, -0.15) is 4.98 Å². The molecule has 4 rings (SSSR count). The Kier molecular flexibility index (Phi) is 4.50. The average Bonchev–Trinajstić information content (AvgIpc) is 3.03. The second kappa shape index (κ2) is 7.01. The third-order valence-corrected chi connectivity index (χ3v) is 4.40. The van der Waals surface area contributed by atoms with Gasteiger partial charge in [-0.25, -0.2) is 18.6 Å². The van der Waals surface area contributed by atoms with E-state index in [1.165, 1.54) is 6.07 Å². The van der Waals surface area contributed by atoms with Gasteiger partial charge < -0.3 is 15.1 Å². The number of nitrogens with one attached hydrogen (secondary N) is 3. The highest BCUT2D eigenvalue weighted by molar-refractivity contribution is 5.79. The van der Waals surface area contributed by atoms with Gasteiger partial charge in [-0.1, -0.05) is 0 Å². The fourth-order valence-corrected chi connectivity index (χ4v) is 3.00. The Morgan fingerprint density at radius 3 is 2.38 bits per heavy atom. The highest BCUT2D eigenvalue weighted by atomic mass is 19.1. The van der Waals surface area contributed by atoms with Crippen molar-refractivity contribution in [3.05, 3.63) is 69.3 Å². The lowest BCUT2D eigenvalue weighted by atomic mass is 10.1. The predicted octanol–water partition coefficient (Wildman–Crippen LogP) is 4.60. The molecule has 0 fully saturated rings. The predicted molar refractivity (Wildman–Crippen MR) is 106 cm³/mol. The summed E-state index contributed by atoms with van der Waals surface area (Å²) in [6.07, 6.45) is 1.61. The van der Waals surface area contributed by atoms with Gasteiger partial charge in [0.05, 0.1) is 5.52 Å². The maximum absolute atomic E-state index is 14.2. The summed E-state index contributed by atoms with van der Waals surface area (Å²) in [6.45, 7) is 5.16. The minimum atomic E-state index is -0.731. The number of hydrogen-bond acceptors (Lipinski definition) is 6. The summed E-state index contributed by atoms with van der Waals surface area (Å²) in [4.78, 5) is 22.4. The summed E-state index contributed by atoms with van der Waals surface area (Å²) in [7, 11) is 0. The molecule has 0 saturated heterocycles. The Hall–Kier alpha value is -3.75. The number of rotatable bonds is 4. The molecule has 0 spiro atoms. The van der Waals surface area contributed by atoms with Crippen LogP contribution < -0.4 is 16.4 Å². The van der Waals surface area contributed by atoms with E-state index in [0.29, 0.717) is 34.3 Å². The van der Waals surface area contributed by atoms with E-state index in [4.69, 9.17) is 4.42 Å². The van der Waals surface area contributed by atoms with Crippen LogP contribution in [0, 0.1) is 32.4 Å². The number of anilines is 4. The molecular formula is C20H17F2N5O2. The lowest BCUT2D eigenvalue weighted by Crippen LogP contribution is -2.04. The van der Waals surface area contributed by atoms with Crippen LogP contribution in [0.4, 0.5) is 31.9 Å². The lowest BCUT2D eigenvalue weighted by Gasteiger charge is -2.12. The van der Waals surface area contributed by atoms with Gasteiger partial charge in [-0.15, -0.1) is 0 Å². The van der Waals surface area contributed by atoms with Crippen molar-refractivity contribution >= 4 is 34.2 Å². The monoisotopic (exact) mass is 397 g/mol. The van der Waals surface area contributed by atoms with Crippen molar-refractivity contribution in [3.63, 3.8) is 0 Å². The normalized spacial score (nSPS) is 11.1. The van der Waals surface area contributed by atoms with Crippen LogP contribution in [0.15, 0.2) is 39.7 Å². The summed E-state index contributed by atoms with van der Waals surface area (Å²) in [5.41, 5.74) is 2.88. The molecule has 2 aromatic carbocycles. The van der Waals surface area contributed by atoms with Crippen molar-refractivity contribution in [3.8, 4) is 0 Å². The highest BCUT2D eigenvalue weighted by Crippen LogP contribution is 2.26. The zero-order valence-electron chi connectivity index (χ0n) is 15.9. The van der Waals surface area contributed by atoms with Crippen LogP contribution in [0.3, 0.4) is 0 Å². The smallest absolute Gasteiger partial charge is 0.405 e. The molecule has 148 valence electrons. The highest BCUT2D eigenvalue weighted by Gasteiger charge is 2.12. The van der Waals surface area contributed by atoms with Crippen LogP contribution in [-0.4, -0.2) is 15.0 Å². The molecule has 0 radical (unpaired) electrons. The number of halogens is 2. The van der Waals surface area contributed by atoms with Gasteiger partial charge in [0.25, 0.3) is 0 Å². The van der Waals surface area contributed by atoms with Crippen molar-refractivity contribution in [2.24, 2.45) is 0 Å². The molecule has 7 nitrogen and oxygen atoms in total. The zero-order valence-corrected chi connectivity index (χ0v) is 15.9. The van der Waals surface area contributed by atoms with E-state index < -0.39 is 11.6 Å². The van der Waals surface area contributed by atoms with Crippen molar-refractivity contribution in [1.82, 2.24) is 15.0 Å². The van der Waals surface area contributed by atoms with Crippen LogP contribution >= 0.6 is 0 Å². The maximum atomic E-state index is 14.2. The Morgan fingerprint density at radius 2 is 1.66 bits per heavy atom. The van der Waals surface area contributed by atoms with E-state index in [9.17, 15) is 13.6 Å². The van der Waals surface area contributed by atoms with E-state index in [0.717, 1.165) is 5.56 Å². The Morgan fingerprint density at radius 1 is 0.966 bits per heavy atom. The number of aromatic nitrogens is 3. The van der Waals surface area contributed by atoms with Crippen molar-refractivity contribution < 1.29 is 13.2 Å². The number of oxazole rings is 1. The number of nitrogens with zero attached hydrogens (tertiary/aromatic N) is 2. The van der Waals surface area contributed by atoms with Crippen molar-refractivity contribution in [2.75, 3.05) is 10.6 Å². The van der Waals surface area contributed by atoms with Crippen LogP contribution in [-0.2, 0) is 0 Å². The summed E-state index contributed by atoms with van der Waals surface area (Å²) in [5.74, 6) is -0.918. The van der Waals surface area contributed by atoms with Gasteiger partial charge in [0.2, 0.25) is 5.95 Å². The first kappa shape index (κ1) is 18.6. The topological polar surface area (TPSA) is 95.8 Å². The van der Waals surface area contributed by atoms with Gasteiger partial charge in [-0.3, -0.25) is 4.98 Å². The Bertz CT molecular complexity index is 1270. The number of hydrogen-bond donors (Lipinski definition) is 3. The molecule has 0 aliphatic rings. The molecule has 0 bridgehead atoms. The standard InChI is InChI=1S/C20H17F2N5O2/c1-9-4-12(5-10(2)16(9)22)25-19-23-8-11(3)18(27-19)24-13-6-14(21)17-15(7-13)26-20(28)29-17/h4-8H,1-3H3,(H,26,28)(H2,23,24,25,27). The largest absolute Gasteiger partial charge is 0.417 e. The van der Waals surface area contributed by atoms with Gasteiger partial charge in [-0.05, 0) is 50.1 Å². The molecule has 0 atom stereocenters. The molecule has 2 heterocycles. The van der Waals surface area contributed by atoms with E-state index in [-0.39, 0.29) is 16.9 Å². The fourth-order valence-electron chi connectivity index (χ4n) is 3.00. The number of aryl methyl sites for hydroxylation is 3. The molecule has 0 unspecified atom stereocenters. The van der Waals surface area contributed by atoms with Crippen LogP contribution in [0.25, 0.3) is 11.1 Å². The summed E-state index contributed by atoms with van der Waals surface area (Å²) in [6, 6.07) is 6.08. The molecule has 0 saturated carbocycles. The first-order chi connectivity index (χ1) is 13.8. The minimum absolute atomic E-state index is 0.135. The first-order valence-electron chi connectivity index (χ1n) is 8.77. The fraction of sp³-hybridized carbons (Fsp3) is 0.150. The van der Waals surface area contributed by atoms with Gasteiger partial charge >= 0.3 is 5.76 Å². The van der Waals surface area contributed by atoms with Crippen LogP contribution in [0.5, 0.6) is 0 Å². The number of benzene rings is 2. The quantitative estimate of drug-likeness (QED) is 0.466. The number of fused-ring (bicyclic) bond motifs is 1. The third-order valence-electron chi connectivity index (χ3n) is 4.40. The van der Waals surface area contributed by atoms with E-state index in [2.05, 4.69) is 25.6 Å². The van der Waals surface area contributed by atoms with E-state index in [1.54, 1.807) is 45.2 Å². The Labute approximate surface area is 163 Å². The molecule has 0 aliphatic heterocycles. The maximum Gasteiger partial charge on any atom is 0.417 e. The first-order valence-corrected chi connectivity index (χ1v) is 8.77. The molecule has 4 aromatic rings. The van der Waals surface area contributed by atoms with Gasteiger partial charge in [0.1, 0.15) is 11.6 Å². The minimum Gasteiger partial charge on any atom is -0.405 e. The summed E-state index contributed by atoms with van der Waals surface area (Å²) >= 11 is 0. The van der Waals surface area contributed by atoms with Crippen molar-refractivity contribution in [2.45, 2.75) is 20.8 Å². The third kappa shape index (κ3) is 3.66. The van der Waals surface area contributed by atoms with Crippen LogP contribution in [0.1, 0.15) is 16.7 Å². The van der Waals surface area contributed by atoms with E-state index >= 15 is 0 Å². The molecule has 0 amide bonds. The number of aromatic amines is 1. The molecular weight excluding hydrogens is 380 g/mol. The van der Waals surface area contributed by atoms with Gasteiger partial charge in [0.15, 0.2) is 11.4 Å². The second-order valence-electron chi connectivity index (χ2n) is 6.75. The zero-order chi connectivity index (χ0) is 20.7. The number of H-pyrrole nitrogens is 1.